The van der Waals surface area contributed by atoms with Gasteiger partial charge in [-0.1, -0.05) is 0 Å². The number of phosphoric acid groups is 3. The minimum Gasteiger partial charge on any atom is -0.478 e. The summed E-state index contributed by atoms with van der Waals surface area (Å²) in [5.74, 6) is -1.83. The molecule has 6 atom stereocenters. The Morgan fingerprint density at radius 3 is 2.36 bits per heavy atom. The van der Waals surface area contributed by atoms with E-state index in [0.29, 0.717) is 27.9 Å². The minimum absolute atomic E-state index is 0.0615. The van der Waals surface area contributed by atoms with E-state index in [1.165, 1.54) is 18.2 Å². The van der Waals surface area contributed by atoms with Crippen LogP contribution in [0.25, 0.3) is 44.6 Å². The van der Waals surface area contributed by atoms with Crippen molar-refractivity contribution in [2.45, 2.75) is 24.5 Å². The molecule has 4 heterocycles. The highest BCUT2D eigenvalue weighted by Gasteiger charge is 2.50. The van der Waals surface area contributed by atoms with E-state index in [4.69, 9.17) is 29.4 Å². The van der Waals surface area contributed by atoms with Gasteiger partial charge in [-0.25, -0.2) is 32.8 Å². The molecule has 1 aliphatic carbocycles. The van der Waals surface area contributed by atoms with Gasteiger partial charge in [-0.2, -0.15) is 13.6 Å². The maximum Gasteiger partial charge on any atom is 0.490 e. The number of carbonyl (C=O) groups is 3. The number of amides is 2. The molecule has 0 bridgehead atoms. The molecule has 1 saturated heterocycles. The third-order valence-electron chi connectivity index (χ3n) is 10.3. The number of carboxylic acids is 1. The standard InChI is InChI=1S/C38H42N9O19P3/c1-45(2)19-6-9-22-25(14-19)62-26-15-20(46(3)4)7-10-23(26)28(22)24-13-18(5-8-21(24)36(51)52)33(49)40-11-12-41-38(53)64-31-30(48)27(16-61-68(57,58)66-69(59,60)65-67(54,55)56)63-35(31)47-17-42-29-32(47)43-37(39)44-34(29)50/h5-10,13-15,17,27,30-31,35,48H,11-12,16H2,1-4H3,(H9-,39,40,41,43,44,49,50,51,52,53,54,55,56,57,58,59,60)/p+1/t27-,30-,31-,35-/m1/s1. The average molecular weight is 1020 g/mol. The zero-order chi connectivity index (χ0) is 50.3. The van der Waals surface area contributed by atoms with Gasteiger partial charge in [-0.3, -0.25) is 23.7 Å². The van der Waals surface area contributed by atoms with Crippen LogP contribution >= 0.6 is 23.5 Å². The number of imidazole rings is 1. The molecule has 4 aromatic rings. The molecule has 368 valence electrons. The van der Waals surface area contributed by atoms with Gasteiger partial charge in [0.25, 0.3) is 11.5 Å². The second-order valence-corrected chi connectivity index (χ2v) is 19.9. The number of benzene rings is 3. The van der Waals surface area contributed by atoms with Crippen LogP contribution < -0.4 is 36.8 Å². The number of carbonyl (C=O) groups excluding carboxylic acids is 2. The second-order valence-electron chi connectivity index (χ2n) is 15.5. The average Bonchev–Trinajstić information content (AvgIpc) is 3.81. The lowest BCUT2D eigenvalue weighted by Crippen LogP contribution is -2.41. The van der Waals surface area contributed by atoms with Gasteiger partial charge in [0.1, 0.15) is 37.6 Å². The van der Waals surface area contributed by atoms with E-state index in [1.54, 1.807) is 12.1 Å². The summed E-state index contributed by atoms with van der Waals surface area (Å²) >= 11 is 0. The number of aliphatic hydroxyl groups excluding tert-OH is 1. The Morgan fingerprint density at radius 2 is 1.68 bits per heavy atom. The van der Waals surface area contributed by atoms with Gasteiger partial charge in [0.2, 0.25) is 11.3 Å². The number of anilines is 2. The molecule has 69 heavy (non-hydrogen) atoms. The number of nitrogens with zero attached hydrogens (tertiary/aromatic N) is 5. The SMILES string of the molecule is CN(C)c1ccc2c(-c3cc(C(=O)NCCNC(=O)O[C@@H]4[C@H](O)[C@@H](COP(=O)(O)OP(=O)(O)OP(=O)(O)O)O[C@H]4n4cnc5c(=O)[nH]c(N)nc54)ccc3C(=O)O)c3ccc(=[N+](C)C)cc-3oc2c1. The van der Waals surface area contributed by atoms with Crippen LogP contribution in [0.3, 0.4) is 0 Å². The molecular formula is C38H43N9O19P3+. The normalized spacial score (nSPS) is 19.0. The molecule has 0 radical (unpaired) electrons. The number of aromatic nitrogens is 4. The molecule has 31 heteroatoms. The molecule has 2 aliphatic heterocycles. The Morgan fingerprint density at radius 1 is 0.957 bits per heavy atom. The van der Waals surface area contributed by atoms with Crippen LogP contribution in [0, 0.1) is 0 Å². The number of phosphoric ester groups is 1. The highest BCUT2D eigenvalue weighted by atomic mass is 31.3. The van der Waals surface area contributed by atoms with E-state index >= 15 is 0 Å². The largest absolute Gasteiger partial charge is 0.490 e. The third kappa shape index (κ3) is 11.4. The number of fused-ring (bicyclic) bond motifs is 3. The minimum atomic E-state index is -5.92. The van der Waals surface area contributed by atoms with Crippen LogP contribution in [-0.4, -0.2) is 133 Å². The van der Waals surface area contributed by atoms with E-state index in [9.17, 15) is 52.9 Å². The second kappa shape index (κ2) is 19.6. The lowest BCUT2D eigenvalue weighted by molar-refractivity contribution is -0.0522. The fourth-order valence-corrected chi connectivity index (χ4v) is 10.2. The number of ether oxygens (including phenoxy) is 2. The topological polar surface area (TPSA) is 403 Å². The van der Waals surface area contributed by atoms with Crippen LogP contribution in [0.4, 0.5) is 16.4 Å². The summed E-state index contributed by atoms with van der Waals surface area (Å²) in [5.41, 5.74) is 6.94. The zero-order valence-electron chi connectivity index (χ0n) is 36.3. The number of H-pyrrole nitrogens is 1. The molecule has 28 nitrogen and oxygen atoms in total. The number of hydrogen-bond acceptors (Lipinski definition) is 18. The lowest BCUT2D eigenvalue weighted by atomic mass is 9.89. The quantitative estimate of drug-likeness (QED) is 0.0281. The molecule has 2 aromatic carbocycles. The Bertz CT molecular complexity index is 3260. The van der Waals surface area contributed by atoms with E-state index in [2.05, 4.69) is 38.7 Å². The first kappa shape index (κ1) is 50.5. The van der Waals surface area contributed by atoms with Crippen molar-refractivity contribution in [3.63, 3.8) is 0 Å². The molecule has 11 N–H and O–H groups in total. The Kier molecular flexibility index (Phi) is 14.3. The summed E-state index contributed by atoms with van der Waals surface area (Å²) in [5, 5.41) is 28.0. The highest BCUT2D eigenvalue weighted by Crippen LogP contribution is 2.66. The number of nitrogens with one attached hydrogen (secondary N) is 3. The Balaban J connectivity index is 1.08. The maximum atomic E-state index is 13.6. The number of alkyl carbamates (subject to hydrolysis) is 1. The van der Waals surface area contributed by atoms with Gasteiger partial charge in [-0.15, -0.1) is 0 Å². The van der Waals surface area contributed by atoms with E-state index in [1.807, 2.05) is 61.9 Å². The smallest absolute Gasteiger partial charge is 0.478 e. The molecule has 7 rings (SSSR count). The van der Waals surface area contributed by atoms with E-state index < -0.39 is 78.1 Å². The first-order chi connectivity index (χ1) is 32.3. The predicted molar refractivity (Wildman–Crippen MR) is 240 cm³/mol. The molecule has 0 saturated carbocycles. The monoisotopic (exact) mass is 1020 g/mol. The zero-order valence-corrected chi connectivity index (χ0v) is 39.0. The summed E-state index contributed by atoms with van der Waals surface area (Å²) in [6.07, 6.45) is -7.35. The van der Waals surface area contributed by atoms with Gasteiger partial charge in [0.15, 0.2) is 23.5 Å². The van der Waals surface area contributed by atoms with Crippen molar-refractivity contribution in [2.24, 2.45) is 0 Å². The molecule has 2 amide bonds. The molecule has 2 unspecified atom stereocenters. The van der Waals surface area contributed by atoms with Crippen molar-refractivity contribution >= 4 is 75.2 Å². The third-order valence-corrected chi connectivity index (χ3v) is 14.1. The maximum absolute atomic E-state index is 13.6. The number of aromatic amines is 1. The van der Waals surface area contributed by atoms with Crippen LogP contribution in [0.15, 0.2) is 70.1 Å². The summed E-state index contributed by atoms with van der Waals surface area (Å²) in [4.78, 5) is 101. The Labute approximate surface area is 387 Å². The van der Waals surface area contributed by atoms with Crippen molar-refractivity contribution in [3.05, 3.63) is 87.8 Å². The summed E-state index contributed by atoms with van der Waals surface area (Å²) < 4.78 is 67.8. The highest BCUT2D eigenvalue weighted by molar-refractivity contribution is 7.66. The molecule has 3 aliphatic rings. The van der Waals surface area contributed by atoms with Crippen molar-refractivity contribution in [3.8, 4) is 22.5 Å². The fraction of sp³-hybridized carbons (Fsp3) is 0.289. The number of hydrogen-bond donors (Lipinski definition) is 10. The Hall–Kier alpha value is -6.38. The first-order valence-corrected chi connectivity index (χ1v) is 24.5. The van der Waals surface area contributed by atoms with Gasteiger partial charge in [-0.05, 0) is 42.0 Å². The summed E-state index contributed by atoms with van der Waals surface area (Å²) in [6.45, 7) is -1.70. The van der Waals surface area contributed by atoms with Crippen LogP contribution in [0.5, 0.6) is 0 Å². The van der Waals surface area contributed by atoms with Gasteiger partial charge >= 0.3 is 35.5 Å². The van der Waals surface area contributed by atoms with Crippen molar-refractivity contribution in [2.75, 3.05) is 58.5 Å². The number of nitrogens with two attached hydrogens (primary N) is 1. The van der Waals surface area contributed by atoms with Crippen molar-refractivity contribution in [1.82, 2.24) is 34.7 Å². The van der Waals surface area contributed by atoms with Crippen LogP contribution in [0.1, 0.15) is 26.9 Å². The molecule has 2 aromatic heterocycles. The van der Waals surface area contributed by atoms with Gasteiger partial charge in [0.05, 0.1) is 24.6 Å². The van der Waals surface area contributed by atoms with Crippen LogP contribution in [0.2, 0.25) is 0 Å². The summed E-state index contributed by atoms with van der Waals surface area (Å²) in [6, 6.07) is 15.0. The number of nitrogen functional groups attached to an aromatic ring is 1. The number of rotatable bonds is 16. The number of aromatic carboxylic acids is 1. The number of carboxylic acid groups (broad SMARTS) is 1. The fourth-order valence-electron chi connectivity index (χ4n) is 7.21. The summed E-state index contributed by atoms with van der Waals surface area (Å²) in [7, 11) is -9.90. The number of aliphatic hydroxyl groups is 1. The van der Waals surface area contributed by atoms with Crippen LogP contribution in [-0.2, 0) is 36.3 Å². The van der Waals surface area contributed by atoms with Crippen molar-refractivity contribution < 1.29 is 84.9 Å². The van der Waals surface area contributed by atoms with E-state index in [-0.39, 0.29) is 46.9 Å². The van der Waals surface area contributed by atoms with Crippen molar-refractivity contribution in [1.29, 1.82) is 0 Å². The predicted octanol–water partition coefficient (Wildman–Crippen LogP) is 1.14. The first-order valence-electron chi connectivity index (χ1n) is 19.9. The van der Waals surface area contributed by atoms with Gasteiger partial charge in [0, 0.05) is 67.1 Å². The molecule has 0 spiro atoms. The lowest BCUT2D eigenvalue weighted by Gasteiger charge is -2.22. The van der Waals surface area contributed by atoms with E-state index in [0.717, 1.165) is 21.9 Å². The molecule has 1 fully saturated rings. The molecular weight excluding hydrogens is 979 g/mol. The van der Waals surface area contributed by atoms with Gasteiger partial charge < -0.3 is 64.9 Å².